The molecule has 0 atom stereocenters. The monoisotopic (exact) mass is 601 g/mol. The number of hydrogen-bond acceptors (Lipinski definition) is 3. The second-order valence-corrected chi connectivity index (χ2v) is 13.8. The summed E-state index contributed by atoms with van der Waals surface area (Å²) in [6.45, 7) is 6.57. The third-order valence-electron chi connectivity index (χ3n) is 9.92. The Bertz CT molecular complexity index is 1410. The molecule has 3 N–H and O–H groups in total. The predicted octanol–water partition coefficient (Wildman–Crippen LogP) is 6.76. The van der Waals surface area contributed by atoms with Crippen LogP contribution in [0.5, 0.6) is 0 Å². The van der Waals surface area contributed by atoms with Crippen LogP contribution in [0.3, 0.4) is 0 Å². The molecule has 3 saturated carbocycles. The van der Waals surface area contributed by atoms with E-state index in [2.05, 4.69) is 22.1 Å². The molecule has 2 aromatic rings. The average Bonchev–Trinajstić information content (AvgIpc) is 3.59. The number of halogens is 3. The van der Waals surface area contributed by atoms with E-state index < -0.39 is 29.5 Å². The lowest BCUT2D eigenvalue weighted by Crippen LogP contribution is -2.54. The number of carboxylic acids is 1. The number of rotatable bonds is 9. The van der Waals surface area contributed by atoms with Crippen molar-refractivity contribution >= 4 is 17.8 Å². The Labute approximate surface area is 250 Å². The number of amides is 2. The van der Waals surface area contributed by atoms with Crippen molar-refractivity contribution in [2.45, 2.75) is 115 Å². The highest BCUT2D eigenvalue weighted by molar-refractivity contribution is 5.99. The van der Waals surface area contributed by atoms with E-state index in [9.17, 15) is 32.7 Å². The van der Waals surface area contributed by atoms with Gasteiger partial charge in [0.15, 0.2) is 0 Å². The number of benzene rings is 1. The normalized spacial score (nSPS) is 22.0. The minimum atomic E-state index is -4.62. The van der Waals surface area contributed by atoms with Gasteiger partial charge in [-0.05, 0) is 106 Å². The van der Waals surface area contributed by atoms with Gasteiger partial charge in [-0.15, -0.1) is 0 Å². The third-order valence-corrected chi connectivity index (χ3v) is 9.92. The lowest BCUT2D eigenvalue weighted by molar-refractivity contribution is -0.182. The van der Waals surface area contributed by atoms with Crippen molar-refractivity contribution in [3.63, 3.8) is 0 Å². The molecule has 43 heavy (non-hydrogen) atoms. The zero-order chi connectivity index (χ0) is 31.3. The second-order valence-electron chi connectivity index (χ2n) is 13.8. The molecule has 0 radical (unpaired) electrons. The van der Waals surface area contributed by atoms with E-state index >= 15 is 0 Å². The number of nitrogens with zero attached hydrogens (tertiary/aromatic N) is 1. The molecule has 0 aliphatic heterocycles. The Morgan fingerprint density at radius 3 is 2.23 bits per heavy atom. The number of carboxylic acid groups (broad SMARTS) is 1. The average molecular weight is 602 g/mol. The molecule has 3 fully saturated rings. The third kappa shape index (κ3) is 6.48. The van der Waals surface area contributed by atoms with Gasteiger partial charge in [0.25, 0.3) is 11.8 Å². The van der Waals surface area contributed by atoms with Crippen molar-refractivity contribution in [1.29, 1.82) is 0 Å². The number of carbonyl (C=O) groups excluding carboxylic acids is 2. The summed E-state index contributed by atoms with van der Waals surface area (Å²) in [6, 6.07) is 6.95. The maximum Gasteiger partial charge on any atom is 0.410 e. The van der Waals surface area contributed by atoms with Gasteiger partial charge in [-0.1, -0.05) is 26.2 Å². The van der Waals surface area contributed by atoms with Crippen LogP contribution in [0.25, 0.3) is 11.3 Å². The summed E-state index contributed by atoms with van der Waals surface area (Å²) in [7, 11) is 0. The highest BCUT2D eigenvalue weighted by Gasteiger charge is 2.48. The zero-order valence-corrected chi connectivity index (χ0v) is 25.4. The van der Waals surface area contributed by atoms with Crippen molar-refractivity contribution in [1.82, 2.24) is 15.2 Å². The highest BCUT2D eigenvalue weighted by Crippen LogP contribution is 2.49. The van der Waals surface area contributed by atoms with Gasteiger partial charge in [0.2, 0.25) is 0 Å². The summed E-state index contributed by atoms with van der Waals surface area (Å²) in [5.74, 6) is -1.95. The van der Waals surface area contributed by atoms with Gasteiger partial charge in [0.05, 0.1) is 11.5 Å². The van der Waals surface area contributed by atoms with E-state index in [-0.39, 0.29) is 22.9 Å². The largest absolute Gasteiger partial charge is 0.481 e. The molecule has 1 aromatic heterocycles. The molecule has 3 aliphatic rings. The van der Waals surface area contributed by atoms with E-state index in [1.807, 2.05) is 19.1 Å². The van der Waals surface area contributed by atoms with E-state index in [1.165, 1.54) is 6.42 Å². The number of carbonyl (C=O) groups is 3. The lowest BCUT2D eigenvalue weighted by atomic mass is 9.80. The molecular weight excluding hydrogens is 559 g/mol. The molecule has 0 saturated heterocycles. The summed E-state index contributed by atoms with van der Waals surface area (Å²) in [5, 5.41) is 14.4. The molecule has 0 unspecified atom stereocenters. The van der Waals surface area contributed by atoms with E-state index in [1.54, 1.807) is 12.1 Å². The van der Waals surface area contributed by atoms with Gasteiger partial charge >= 0.3 is 12.1 Å². The molecule has 3 aliphatic carbocycles. The van der Waals surface area contributed by atoms with Crippen molar-refractivity contribution in [2.24, 2.45) is 11.8 Å². The van der Waals surface area contributed by atoms with Crippen molar-refractivity contribution in [2.75, 3.05) is 0 Å². The van der Waals surface area contributed by atoms with Gasteiger partial charge in [-0.25, -0.2) is 0 Å². The van der Waals surface area contributed by atoms with Gasteiger partial charge in [-0.3, -0.25) is 14.4 Å². The van der Waals surface area contributed by atoms with Crippen molar-refractivity contribution < 1.29 is 32.7 Å². The SMILES string of the molecule is Cc1c(C(=O)N[C@H]2C[C@H](C(=O)O)C2)cc(-c2cc(C(=O)NC(C)(C)C(F)(F)F)cc(C3(C)CC3)c2)n1CC1CCCCC1. The number of aromatic nitrogens is 1. The van der Waals surface area contributed by atoms with Crippen LogP contribution in [0.15, 0.2) is 24.3 Å². The minimum absolute atomic E-state index is 0.154. The standard InChI is InChI=1S/C33H42F3N3O4/c1-19-26(29(41)37-25-15-23(16-25)30(42)43)17-27(39(19)18-20-8-6-5-7-9-20)21-12-22(14-24(13-21)32(4)10-11-32)28(40)38-31(2,3)33(34,35)36/h12-14,17,20,23,25H,5-11,15-16,18H2,1-4H3,(H,37,41)(H,38,40)(H,42,43)/t23-,25-. The van der Waals surface area contributed by atoms with Crippen LogP contribution >= 0.6 is 0 Å². The number of aliphatic carboxylic acids is 1. The molecule has 5 rings (SSSR count). The van der Waals surface area contributed by atoms with Crippen molar-refractivity contribution in [3.05, 3.63) is 46.6 Å². The Hall–Kier alpha value is -3.30. The van der Waals surface area contributed by atoms with Crippen LogP contribution in [0.2, 0.25) is 0 Å². The van der Waals surface area contributed by atoms with Crippen molar-refractivity contribution in [3.8, 4) is 11.3 Å². The Morgan fingerprint density at radius 1 is 1.00 bits per heavy atom. The molecule has 1 heterocycles. The number of nitrogens with one attached hydrogen (secondary N) is 2. The molecule has 7 nitrogen and oxygen atoms in total. The number of hydrogen-bond donors (Lipinski definition) is 3. The molecule has 1 aromatic carbocycles. The van der Waals surface area contributed by atoms with Gasteiger partial charge in [0.1, 0.15) is 5.54 Å². The fourth-order valence-corrected chi connectivity index (χ4v) is 6.34. The molecule has 0 spiro atoms. The first kappa shape index (κ1) is 31.1. The topological polar surface area (TPSA) is 100 Å². The van der Waals surface area contributed by atoms with E-state index in [0.29, 0.717) is 36.4 Å². The van der Waals surface area contributed by atoms with Crippen LogP contribution in [-0.4, -0.2) is 45.2 Å². The van der Waals surface area contributed by atoms with Gasteiger partial charge < -0.3 is 20.3 Å². The molecular formula is C33H42F3N3O4. The van der Waals surface area contributed by atoms with Crippen LogP contribution in [0.4, 0.5) is 13.2 Å². The summed E-state index contributed by atoms with van der Waals surface area (Å²) in [4.78, 5) is 38.0. The van der Waals surface area contributed by atoms with Crippen LogP contribution < -0.4 is 10.6 Å². The molecule has 0 bridgehead atoms. The molecule has 234 valence electrons. The summed E-state index contributed by atoms with van der Waals surface area (Å²) in [6.07, 6.45) is 3.65. The summed E-state index contributed by atoms with van der Waals surface area (Å²) in [5.41, 5.74) is 1.17. The fraction of sp³-hybridized carbons (Fsp3) is 0.606. The van der Waals surface area contributed by atoms with E-state index in [4.69, 9.17) is 0 Å². The molecule has 2 amide bonds. The first-order valence-corrected chi connectivity index (χ1v) is 15.4. The Morgan fingerprint density at radius 2 is 1.65 bits per heavy atom. The Kier molecular flexibility index (Phi) is 8.20. The Balaban J connectivity index is 1.53. The van der Waals surface area contributed by atoms with Gasteiger partial charge in [0, 0.05) is 29.5 Å². The van der Waals surface area contributed by atoms with Crippen LogP contribution in [0.1, 0.15) is 111 Å². The summed E-state index contributed by atoms with van der Waals surface area (Å²) < 4.78 is 43.0. The lowest BCUT2D eigenvalue weighted by Gasteiger charge is -2.32. The maximum absolute atomic E-state index is 13.6. The molecule has 10 heteroatoms. The first-order valence-electron chi connectivity index (χ1n) is 15.4. The second kappa shape index (κ2) is 11.3. The first-order chi connectivity index (χ1) is 20.1. The summed E-state index contributed by atoms with van der Waals surface area (Å²) >= 11 is 0. The highest BCUT2D eigenvalue weighted by atomic mass is 19.4. The predicted molar refractivity (Wildman–Crippen MR) is 157 cm³/mol. The van der Waals surface area contributed by atoms with Crippen LogP contribution in [-0.2, 0) is 16.8 Å². The number of alkyl halides is 3. The fourth-order valence-electron chi connectivity index (χ4n) is 6.34. The zero-order valence-electron chi connectivity index (χ0n) is 25.4. The van der Waals surface area contributed by atoms with Crippen LogP contribution in [0, 0.1) is 18.8 Å². The minimum Gasteiger partial charge on any atom is -0.481 e. The smallest absolute Gasteiger partial charge is 0.410 e. The maximum atomic E-state index is 13.6. The quantitative estimate of drug-likeness (QED) is 0.296. The van der Waals surface area contributed by atoms with Gasteiger partial charge in [-0.2, -0.15) is 13.2 Å². The van der Waals surface area contributed by atoms with E-state index in [0.717, 1.165) is 69.3 Å².